The van der Waals surface area contributed by atoms with Crippen molar-refractivity contribution in [2.24, 2.45) is 5.92 Å². The first-order valence-electron chi connectivity index (χ1n) is 5.78. The third-order valence-corrected chi connectivity index (χ3v) is 2.27. The van der Waals surface area contributed by atoms with Gasteiger partial charge in [-0.15, -0.1) is 0 Å². The predicted molar refractivity (Wildman–Crippen MR) is 61.5 cm³/mol. The van der Waals surface area contributed by atoms with Crippen molar-refractivity contribution in [1.29, 1.82) is 0 Å². The summed E-state index contributed by atoms with van der Waals surface area (Å²) in [6, 6.07) is 0. The highest BCUT2D eigenvalue weighted by atomic mass is 16.3. The summed E-state index contributed by atoms with van der Waals surface area (Å²) in [6.45, 7) is 11.9. The number of rotatable bonds is 9. The summed E-state index contributed by atoms with van der Waals surface area (Å²) in [4.78, 5) is 2.34. The number of hydrogen-bond donors (Lipinski definition) is 2. The number of aliphatic hydroxyl groups excluding tert-OH is 1. The average Bonchev–Trinajstić information content (AvgIpc) is 2.15. The number of hydrogen-bond acceptors (Lipinski definition) is 3. The summed E-state index contributed by atoms with van der Waals surface area (Å²) in [5.74, 6) is 0.660. The Morgan fingerprint density at radius 3 is 2.50 bits per heavy atom. The van der Waals surface area contributed by atoms with E-state index in [1.165, 1.54) is 0 Å². The van der Waals surface area contributed by atoms with Crippen LogP contribution < -0.4 is 5.32 Å². The summed E-state index contributed by atoms with van der Waals surface area (Å²) >= 11 is 0. The van der Waals surface area contributed by atoms with Crippen molar-refractivity contribution in [2.75, 3.05) is 39.3 Å². The number of nitrogens with one attached hydrogen (secondary N) is 1. The van der Waals surface area contributed by atoms with Gasteiger partial charge in [0.1, 0.15) is 0 Å². The first-order valence-corrected chi connectivity index (χ1v) is 5.78. The Morgan fingerprint density at radius 1 is 1.29 bits per heavy atom. The highest BCUT2D eigenvalue weighted by Gasteiger charge is 2.08. The second kappa shape index (κ2) is 9.44. The highest BCUT2D eigenvalue weighted by molar-refractivity contribution is 4.64. The zero-order chi connectivity index (χ0) is 10.8. The van der Waals surface area contributed by atoms with E-state index in [9.17, 15) is 0 Å². The molecule has 0 aromatic carbocycles. The van der Waals surface area contributed by atoms with Crippen LogP contribution in [0.3, 0.4) is 0 Å². The predicted octanol–water partition coefficient (Wildman–Crippen LogP) is 0.936. The van der Waals surface area contributed by atoms with E-state index in [2.05, 4.69) is 31.0 Å². The van der Waals surface area contributed by atoms with Crippen LogP contribution in [0.4, 0.5) is 0 Å². The third kappa shape index (κ3) is 7.30. The fourth-order valence-electron chi connectivity index (χ4n) is 1.65. The second-order valence-corrected chi connectivity index (χ2v) is 3.94. The Labute approximate surface area is 88.5 Å². The van der Waals surface area contributed by atoms with Crippen molar-refractivity contribution in [2.45, 2.75) is 27.2 Å². The van der Waals surface area contributed by atoms with Gasteiger partial charge >= 0.3 is 0 Å². The van der Waals surface area contributed by atoms with Crippen LogP contribution in [0, 0.1) is 5.92 Å². The minimum absolute atomic E-state index is 0.272. The lowest BCUT2D eigenvalue weighted by Crippen LogP contribution is -2.35. The van der Waals surface area contributed by atoms with Crippen LogP contribution >= 0.6 is 0 Å². The number of aliphatic hydroxyl groups is 1. The van der Waals surface area contributed by atoms with Crippen LogP contribution in [0.5, 0.6) is 0 Å². The van der Waals surface area contributed by atoms with Crippen LogP contribution in [0.1, 0.15) is 27.2 Å². The lowest BCUT2D eigenvalue weighted by molar-refractivity contribution is 0.178. The normalized spacial score (nSPS) is 13.5. The van der Waals surface area contributed by atoms with Crippen LogP contribution in [-0.2, 0) is 0 Å². The van der Waals surface area contributed by atoms with E-state index in [-0.39, 0.29) is 6.61 Å². The summed E-state index contributed by atoms with van der Waals surface area (Å²) in [5.41, 5.74) is 0. The molecule has 86 valence electrons. The molecular formula is C11H26N2O. The Kier molecular flexibility index (Phi) is 9.35. The Morgan fingerprint density at radius 2 is 2.00 bits per heavy atom. The topological polar surface area (TPSA) is 35.5 Å². The molecule has 3 nitrogen and oxygen atoms in total. The van der Waals surface area contributed by atoms with Gasteiger partial charge in [0, 0.05) is 13.1 Å². The average molecular weight is 202 g/mol. The van der Waals surface area contributed by atoms with Gasteiger partial charge in [0.05, 0.1) is 6.61 Å². The molecular weight excluding hydrogens is 176 g/mol. The lowest BCUT2D eigenvalue weighted by Gasteiger charge is -2.24. The number of nitrogens with zero attached hydrogens (tertiary/aromatic N) is 1. The smallest absolute Gasteiger partial charge is 0.0558 e. The van der Waals surface area contributed by atoms with E-state index in [1.807, 2.05) is 0 Å². The van der Waals surface area contributed by atoms with Gasteiger partial charge in [0.15, 0.2) is 0 Å². The van der Waals surface area contributed by atoms with E-state index in [1.54, 1.807) is 0 Å². The van der Waals surface area contributed by atoms with E-state index in [4.69, 9.17) is 5.11 Å². The van der Waals surface area contributed by atoms with Crippen LogP contribution in [0.2, 0.25) is 0 Å². The molecule has 0 saturated carbocycles. The molecule has 1 unspecified atom stereocenters. The summed E-state index contributed by atoms with van der Waals surface area (Å²) < 4.78 is 0. The van der Waals surface area contributed by atoms with Crippen molar-refractivity contribution in [3.63, 3.8) is 0 Å². The molecule has 3 heteroatoms. The Hall–Kier alpha value is -0.120. The lowest BCUT2D eigenvalue weighted by atomic mass is 10.1. The summed E-state index contributed by atoms with van der Waals surface area (Å²) in [5, 5.41) is 12.2. The van der Waals surface area contributed by atoms with Gasteiger partial charge in [-0.25, -0.2) is 0 Å². The summed E-state index contributed by atoms with van der Waals surface area (Å²) in [6.07, 6.45) is 1.16. The van der Waals surface area contributed by atoms with Crippen LogP contribution in [0.25, 0.3) is 0 Å². The minimum atomic E-state index is 0.272. The fourth-order valence-corrected chi connectivity index (χ4v) is 1.65. The molecule has 0 saturated heterocycles. The Balaban J connectivity index is 3.64. The van der Waals surface area contributed by atoms with E-state index < -0.39 is 0 Å². The molecule has 0 aromatic heterocycles. The zero-order valence-corrected chi connectivity index (χ0v) is 9.92. The minimum Gasteiger partial charge on any atom is -0.395 e. The van der Waals surface area contributed by atoms with E-state index in [0.717, 1.165) is 39.1 Å². The maximum atomic E-state index is 8.89. The van der Waals surface area contributed by atoms with Gasteiger partial charge in [-0.1, -0.05) is 20.8 Å². The standard InChI is InChI=1S/C11H26N2O/c1-4-6-13(7-8-14)10-11(3)9-12-5-2/h11-12,14H,4-10H2,1-3H3. The molecule has 1 atom stereocenters. The molecule has 0 heterocycles. The molecule has 2 N–H and O–H groups in total. The molecule has 0 aliphatic carbocycles. The van der Waals surface area contributed by atoms with Gasteiger partial charge in [0.25, 0.3) is 0 Å². The molecule has 0 bridgehead atoms. The maximum Gasteiger partial charge on any atom is 0.0558 e. The molecule has 0 spiro atoms. The molecule has 14 heavy (non-hydrogen) atoms. The molecule has 0 amide bonds. The van der Waals surface area contributed by atoms with Gasteiger partial charge in [-0.3, -0.25) is 0 Å². The maximum absolute atomic E-state index is 8.89. The first-order chi connectivity index (χ1) is 6.74. The molecule has 0 rings (SSSR count). The van der Waals surface area contributed by atoms with Crippen molar-refractivity contribution >= 4 is 0 Å². The zero-order valence-electron chi connectivity index (χ0n) is 9.92. The highest BCUT2D eigenvalue weighted by Crippen LogP contribution is 1.99. The molecule has 0 aliphatic heterocycles. The van der Waals surface area contributed by atoms with Gasteiger partial charge < -0.3 is 15.3 Å². The third-order valence-electron chi connectivity index (χ3n) is 2.27. The van der Waals surface area contributed by atoms with Crippen LogP contribution in [-0.4, -0.2) is 49.3 Å². The molecule has 0 aromatic rings. The first kappa shape index (κ1) is 13.9. The van der Waals surface area contributed by atoms with E-state index in [0.29, 0.717) is 5.92 Å². The summed E-state index contributed by atoms with van der Waals surface area (Å²) in [7, 11) is 0. The largest absolute Gasteiger partial charge is 0.395 e. The molecule has 0 aliphatic rings. The second-order valence-electron chi connectivity index (χ2n) is 3.94. The monoisotopic (exact) mass is 202 g/mol. The molecule has 0 radical (unpaired) electrons. The van der Waals surface area contributed by atoms with Gasteiger partial charge in [-0.2, -0.15) is 0 Å². The molecule has 0 fully saturated rings. The van der Waals surface area contributed by atoms with Crippen LogP contribution in [0.15, 0.2) is 0 Å². The van der Waals surface area contributed by atoms with Crippen molar-refractivity contribution in [3.05, 3.63) is 0 Å². The van der Waals surface area contributed by atoms with Crippen molar-refractivity contribution in [3.8, 4) is 0 Å². The SMILES string of the molecule is CCCN(CCO)CC(C)CNCC. The van der Waals surface area contributed by atoms with Gasteiger partial charge in [0.2, 0.25) is 0 Å². The quantitative estimate of drug-likeness (QED) is 0.584. The van der Waals surface area contributed by atoms with Crippen molar-refractivity contribution in [1.82, 2.24) is 10.2 Å². The fraction of sp³-hybridized carbons (Fsp3) is 1.00. The Bertz CT molecular complexity index is 114. The van der Waals surface area contributed by atoms with E-state index >= 15 is 0 Å². The van der Waals surface area contributed by atoms with Gasteiger partial charge in [-0.05, 0) is 32.0 Å². The van der Waals surface area contributed by atoms with Crippen molar-refractivity contribution < 1.29 is 5.11 Å².